The van der Waals surface area contributed by atoms with E-state index in [0.717, 1.165) is 0 Å². The van der Waals surface area contributed by atoms with Gasteiger partial charge in [-0.05, 0) is 12.1 Å². The minimum Gasteiger partial charge on any atom is -0.394 e. The van der Waals surface area contributed by atoms with E-state index in [4.69, 9.17) is 15.6 Å². The van der Waals surface area contributed by atoms with Gasteiger partial charge in [-0.25, -0.2) is 4.79 Å². The highest BCUT2D eigenvalue weighted by Crippen LogP contribution is 2.29. The van der Waals surface area contributed by atoms with E-state index >= 15 is 0 Å². The first-order chi connectivity index (χ1) is 10.6. The highest BCUT2D eigenvalue weighted by molar-refractivity contribution is 5.69. The number of aliphatic hydroxyl groups excluding tert-OH is 2. The summed E-state index contributed by atoms with van der Waals surface area (Å²) < 4.78 is 6.75. The summed E-state index contributed by atoms with van der Waals surface area (Å²) in [4.78, 5) is 20.0. The molecule has 0 aliphatic carbocycles. The standard InChI is InChI=1S/C14H16N4O4/c15-13-8(9-3-1-2-4-16-9)6-18(14(21)17-13)12-5-10(20)11(7-19)22-12/h1-4,6,10-12,19-20H,5,7H2,(H2,15,17,21)/t10?,11-,12-/m1/s1. The minimum atomic E-state index is -0.835. The average Bonchev–Trinajstić information content (AvgIpc) is 2.89. The summed E-state index contributed by atoms with van der Waals surface area (Å²) in [7, 11) is 0. The molecule has 116 valence electrons. The summed E-state index contributed by atoms with van der Waals surface area (Å²) in [5, 5.41) is 18.9. The fourth-order valence-corrected chi connectivity index (χ4v) is 2.46. The molecule has 0 radical (unpaired) electrons. The molecule has 0 spiro atoms. The third kappa shape index (κ3) is 2.59. The van der Waals surface area contributed by atoms with Crippen LogP contribution in [0.25, 0.3) is 11.3 Å². The maximum absolute atomic E-state index is 12.0. The quantitative estimate of drug-likeness (QED) is 0.700. The van der Waals surface area contributed by atoms with Crippen LogP contribution in [0.1, 0.15) is 12.6 Å². The molecule has 8 nitrogen and oxygen atoms in total. The molecule has 0 aromatic carbocycles. The first kappa shape index (κ1) is 14.6. The average molecular weight is 304 g/mol. The van der Waals surface area contributed by atoms with Crippen molar-refractivity contribution in [1.29, 1.82) is 0 Å². The Morgan fingerprint density at radius 2 is 2.27 bits per heavy atom. The van der Waals surface area contributed by atoms with Gasteiger partial charge in [0.2, 0.25) is 0 Å². The Labute approximate surface area is 125 Å². The van der Waals surface area contributed by atoms with Gasteiger partial charge in [0.25, 0.3) is 0 Å². The molecule has 3 atom stereocenters. The molecule has 1 unspecified atom stereocenters. The fourth-order valence-electron chi connectivity index (χ4n) is 2.46. The Balaban J connectivity index is 2.01. The lowest BCUT2D eigenvalue weighted by atomic mass is 10.2. The summed E-state index contributed by atoms with van der Waals surface area (Å²) in [6.45, 7) is -0.318. The topological polar surface area (TPSA) is 123 Å². The second-order valence-electron chi connectivity index (χ2n) is 5.06. The van der Waals surface area contributed by atoms with Crippen molar-refractivity contribution >= 4 is 5.82 Å². The summed E-state index contributed by atoms with van der Waals surface area (Å²) in [5.74, 6) is 0.0807. The predicted molar refractivity (Wildman–Crippen MR) is 77.8 cm³/mol. The van der Waals surface area contributed by atoms with Crippen LogP contribution in [0.4, 0.5) is 5.82 Å². The summed E-state index contributed by atoms with van der Waals surface area (Å²) in [6, 6.07) is 5.32. The van der Waals surface area contributed by atoms with Gasteiger partial charge in [-0.1, -0.05) is 6.07 Å². The van der Waals surface area contributed by atoms with Crippen LogP contribution in [0, 0.1) is 0 Å². The molecule has 3 rings (SSSR count). The van der Waals surface area contributed by atoms with Gasteiger partial charge in [0.1, 0.15) is 18.1 Å². The van der Waals surface area contributed by atoms with E-state index in [1.54, 1.807) is 24.4 Å². The lowest BCUT2D eigenvalue weighted by Crippen LogP contribution is -2.28. The van der Waals surface area contributed by atoms with Crippen molar-refractivity contribution in [2.24, 2.45) is 0 Å². The van der Waals surface area contributed by atoms with Crippen molar-refractivity contribution in [1.82, 2.24) is 14.5 Å². The number of aliphatic hydroxyl groups is 2. The second-order valence-corrected chi connectivity index (χ2v) is 5.06. The molecule has 0 amide bonds. The molecule has 2 aromatic heterocycles. The van der Waals surface area contributed by atoms with E-state index in [0.29, 0.717) is 11.3 Å². The first-order valence-electron chi connectivity index (χ1n) is 6.84. The zero-order valence-electron chi connectivity index (χ0n) is 11.7. The Hall–Kier alpha value is -2.29. The van der Waals surface area contributed by atoms with Crippen molar-refractivity contribution in [3.05, 3.63) is 41.1 Å². The maximum atomic E-state index is 12.0. The van der Waals surface area contributed by atoms with Gasteiger partial charge >= 0.3 is 5.69 Å². The Morgan fingerprint density at radius 1 is 1.45 bits per heavy atom. The van der Waals surface area contributed by atoms with Crippen molar-refractivity contribution in [3.8, 4) is 11.3 Å². The zero-order chi connectivity index (χ0) is 15.7. The van der Waals surface area contributed by atoms with Crippen molar-refractivity contribution in [3.63, 3.8) is 0 Å². The highest BCUT2D eigenvalue weighted by Gasteiger charge is 2.35. The summed E-state index contributed by atoms with van der Waals surface area (Å²) >= 11 is 0. The number of hydrogen-bond donors (Lipinski definition) is 3. The molecular formula is C14H16N4O4. The molecule has 1 saturated heterocycles. The number of anilines is 1. The van der Waals surface area contributed by atoms with Crippen LogP contribution in [-0.2, 0) is 4.74 Å². The largest absolute Gasteiger partial charge is 0.394 e. The number of aromatic nitrogens is 3. The first-order valence-corrected chi connectivity index (χ1v) is 6.84. The van der Waals surface area contributed by atoms with Crippen LogP contribution >= 0.6 is 0 Å². The minimum absolute atomic E-state index is 0.0807. The third-order valence-electron chi connectivity index (χ3n) is 3.62. The van der Waals surface area contributed by atoms with E-state index in [9.17, 15) is 9.90 Å². The van der Waals surface area contributed by atoms with Gasteiger partial charge < -0.3 is 20.7 Å². The van der Waals surface area contributed by atoms with Gasteiger partial charge in [-0.2, -0.15) is 4.98 Å². The fraction of sp³-hybridized carbons (Fsp3) is 0.357. The number of hydrogen-bond acceptors (Lipinski definition) is 7. The molecule has 4 N–H and O–H groups in total. The van der Waals surface area contributed by atoms with Crippen molar-refractivity contribution in [2.45, 2.75) is 24.9 Å². The smallest absolute Gasteiger partial charge is 0.351 e. The van der Waals surface area contributed by atoms with Crippen LogP contribution < -0.4 is 11.4 Å². The van der Waals surface area contributed by atoms with Crippen molar-refractivity contribution < 1.29 is 14.9 Å². The number of nitrogens with two attached hydrogens (primary N) is 1. The van der Waals surface area contributed by atoms with E-state index in [2.05, 4.69) is 9.97 Å². The normalized spacial score (nSPS) is 24.5. The lowest BCUT2D eigenvalue weighted by molar-refractivity contribution is -0.0458. The molecule has 1 aliphatic rings. The Morgan fingerprint density at radius 3 is 2.91 bits per heavy atom. The summed E-state index contributed by atoms with van der Waals surface area (Å²) in [5.41, 5.74) is 6.32. The van der Waals surface area contributed by atoms with Gasteiger partial charge in [0.05, 0.1) is 24.0 Å². The molecule has 1 fully saturated rings. The second kappa shape index (κ2) is 5.84. The molecule has 22 heavy (non-hydrogen) atoms. The molecule has 1 aliphatic heterocycles. The Kier molecular flexibility index (Phi) is 3.88. The number of pyridine rings is 1. The van der Waals surface area contributed by atoms with Crippen molar-refractivity contribution in [2.75, 3.05) is 12.3 Å². The van der Waals surface area contributed by atoms with E-state index in [1.807, 2.05) is 0 Å². The SMILES string of the molecule is Nc1nc(=O)n([C@H]2CC(O)[C@@H](CO)O2)cc1-c1ccccn1. The predicted octanol–water partition coefficient (Wildman–Crippen LogP) is -0.472. The van der Waals surface area contributed by atoms with Gasteiger partial charge in [-0.3, -0.25) is 9.55 Å². The molecule has 3 heterocycles. The van der Waals surface area contributed by atoms with Gasteiger partial charge in [0.15, 0.2) is 0 Å². The van der Waals surface area contributed by atoms with Crippen LogP contribution in [0.15, 0.2) is 35.4 Å². The molecule has 2 aromatic rings. The molecule has 8 heteroatoms. The number of nitrogen functional groups attached to an aromatic ring is 1. The number of ether oxygens (including phenoxy) is 1. The maximum Gasteiger partial charge on any atom is 0.351 e. The van der Waals surface area contributed by atoms with Crippen LogP contribution in [0.2, 0.25) is 0 Å². The highest BCUT2D eigenvalue weighted by atomic mass is 16.5. The van der Waals surface area contributed by atoms with Crippen LogP contribution in [0.3, 0.4) is 0 Å². The van der Waals surface area contributed by atoms with Gasteiger partial charge in [0, 0.05) is 18.8 Å². The monoisotopic (exact) mass is 304 g/mol. The molecule has 0 saturated carbocycles. The molecule has 0 bridgehead atoms. The van der Waals surface area contributed by atoms with E-state index in [-0.39, 0.29) is 18.8 Å². The zero-order valence-corrected chi connectivity index (χ0v) is 11.7. The third-order valence-corrected chi connectivity index (χ3v) is 3.62. The summed E-state index contributed by atoms with van der Waals surface area (Å²) in [6.07, 6.45) is 1.07. The lowest BCUT2D eigenvalue weighted by Gasteiger charge is -2.16. The van der Waals surface area contributed by atoms with Gasteiger partial charge in [-0.15, -0.1) is 0 Å². The van der Waals surface area contributed by atoms with E-state index < -0.39 is 24.1 Å². The number of nitrogens with zero attached hydrogens (tertiary/aromatic N) is 3. The van der Waals surface area contributed by atoms with E-state index in [1.165, 1.54) is 10.8 Å². The van der Waals surface area contributed by atoms with Crippen LogP contribution in [-0.4, -0.2) is 43.6 Å². The number of rotatable bonds is 3. The molecular weight excluding hydrogens is 288 g/mol. The van der Waals surface area contributed by atoms with Crippen LogP contribution in [0.5, 0.6) is 0 Å². The Bertz CT molecular complexity index is 719.